The molecule has 8 heteroatoms. The highest BCUT2D eigenvalue weighted by Gasteiger charge is 2.71. The first-order valence-corrected chi connectivity index (χ1v) is 11.4. The summed E-state index contributed by atoms with van der Waals surface area (Å²) in [7, 11) is 0. The molecule has 170 valence electrons. The number of nitrogens with one attached hydrogen (secondary N) is 1. The number of phenolic OH excluding ortho intramolecular Hbond substituents is 2. The maximum Gasteiger partial charge on any atom is 0.224 e. The topological polar surface area (TPSA) is 113 Å². The van der Waals surface area contributed by atoms with Crippen LogP contribution in [0.2, 0.25) is 0 Å². The average Bonchev–Trinajstić information content (AvgIpc) is 3.08. The third kappa shape index (κ3) is 2.88. The summed E-state index contributed by atoms with van der Waals surface area (Å²) in [5, 5.41) is 22.1. The van der Waals surface area contributed by atoms with Crippen molar-refractivity contribution < 1.29 is 29.3 Å². The zero-order valence-electron chi connectivity index (χ0n) is 18.1. The number of allylic oxidation sites excluding steroid dienone is 2. The molecule has 5 aliphatic rings. The van der Waals surface area contributed by atoms with Crippen LogP contribution in [0.1, 0.15) is 56.3 Å². The molecule has 0 aromatic heterocycles. The normalized spacial score (nSPS) is 38.7. The van der Waals surface area contributed by atoms with Crippen molar-refractivity contribution in [3.05, 3.63) is 29.8 Å². The average molecular weight is 458 g/mol. The molecule has 3 aliphatic carbocycles. The molecule has 3 N–H and O–H groups in total. The monoisotopic (exact) mass is 457 g/mol. The van der Waals surface area contributed by atoms with Crippen molar-refractivity contribution in [2.75, 3.05) is 5.32 Å². The van der Waals surface area contributed by atoms with E-state index in [0.29, 0.717) is 12.3 Å². The second kappa shape index (κ2) is 6.84. The van der Waals surface area contributed by atoms with Gasteiger partial charge in [-0.3, -0.25) is 14.4 Å². The molecule has 4 bridgehead atoms. The Morgan fingerprint density at radius 2 is 2.03 bits per heavy atom. The molecule has 2 saturated carbocycles. The van der Waals surface area contributed by atoms with E-state index < -0.39 is 22.2 Å². The zero-order chi connectivity index (χ0) is 23.1. The number of hydrogen-bond donors (Lipinski definition) is 4. The van der Waals surface area contributed by atoms with Gasteiger partial charge in [0.05, 0.1) is 17.3 Å². The number of carbonyl (C=O) groups is 3. The SMILES string of the molecule is C[C@]12C[C@@]34C=CC(=O)[C@@](C)(CCC(=O)Nc5c(O)ccc(C(=O)S)c5O)[C@@H]3[C@H](C[C@@H]1C4)O2. The number of ether oxygens (including phenoxy) is 1. The summed E-state index contributed by atoms with van der Waals surface area (Å²) >= 11 is 3.69. The van der Waals surface area contributed by atoms with E-state index in [1.165, 1.54) is 12.1 Å². The van der Waals surface area contributed by atoms with Crippen LogP contribution in [0.15, 0.2) is 24.3 Å². The number of aromatic hydroxyl groups is 2. The highest BCUT2D eigenvalue weighted by molar-refractivity contribution is 7.97. The van der Waals surface area contributed by atoms with E-state index in [0.717, 1.165) is 19.3 Å². The lowest BCUT2D eigenvalue weighted by Gasteiger charge is -2.55. The lowest BCUT2D eigenvalue weighted by Crippen LogP contribution is -2.56. The lowest BCUT2D eigenvalue weighted by molar-refractivity contribution is -0.169. The molecule has 6 atom stereocenters. The second-order valence-corrected chi connectivity index (χ2v) is 10.7. The first kappa shape index (κ1) is 21.5. The number of phenols is 2. The third-order valence-electron chi connectivity index (χ3n) is 8.44. The number of rotatable bonds is 5. The summed E-state index contributed by atoms with van der Waals surface area (Å²) in [6, 6.07) is 2.44. The molecule has 2 saturated heterocycles. The number of anilines is 1. The van der Waals surface area contributed by atoms with Gasteiger partial charge in [-0.05, 0) is 62.1 Å². The number of ketones is 1. The molecule has 2 aliphatic heterocycles. The maximum atomic E-state index is 13.1. The molecule has 1 amide bonds. The van der Waals surface area contributed by atoms with E-state index >= 15 is 0 Å². The van der Waals surface area contributed by atoms with Crippen LogP contribution in [-0.4, -0.2) is 38.7 Å². The Morgan fingerprint density at radius 3 is 2.72 bits per heavy atom. The Hall–Kier alpha value is -2.32. The van der Waals surface area contributed by atoms with Gasteiger partial charge in [0.15, 0.2) is 11.5 Å². The molecule has 32 heavy (non-hydrogen) atoms. The van der Waals surface area contributed by atoms with Gasteiger partial charge in [0.2, 0.25) is 11.0 Å². The molecular weight excluding hydrogens is 430 g/mol. The van der Waals surface area contributed by atoms with E-state index in [1.807, 2.05) is 6.92 Å². The Bertz CT molecular complexity index is 1080. The fraction of sp³-hybridized carbons (Fsp3) is 0.542. The summed E-state index contributed by atoms with van der Waals surface area (Å²) in [5.74, 6) is -0.802. The molecule has 1 aromatic carbocycles. The Labute approximate surface area is 191 Å². The first-order chi connectivity index (χ1) is 15.0. The summed E-state index contributed by atoms with van der Waals surface area (Å²) in [6.07, 6.45) is 7.04. The van der Waals surface area contributed by atoms with Gasteiger partial charge < -0.3 is 20.3 Å². The maximum absolute atomic E-state index is 13.1. The van der Waals surface area contributed by atoms with Crippen molar-refractivity contribution in [2.45, 2.75) is 57.7 Å². The molecular formula is C24H27NO6S. The number of carbonyl (C=O) groups excluding carboxylic acids is 3. The third-order valence-corrected chi connectivity index (χ3v) is 8.68. The van der Waals surface area contributed by atoms with Crippen molar-refractivity contribution in [2.24, 2.45) is 22.7 Å². The Morgan fingerprint density at radius 1 is 1.28 bits per heavy atom. The molecule has 0 unspecified atom stereocenters. The zero-order valence-corrected chi connectivity index (χ0v) is 18.9. The van der Waals surface area contributed by atoms with Crippen molar-refractivity contribution in [3.63, 3.8) is 0 Å². The largest absolute Gasteiger partial charge is 0.506 e. The van der Waals surface area contributed by atoms with Gasteiger partial charge in [-0.15, -0.1) is 12.6 Å². The van der Waals surface area contributed by atoms with Crippen LogP contribution in [0.5, 0.6) is 11.5 Å². The van der Waals surface area contributed by atoms with Crippen LogP contribution in [-0.2, 0) is 14.3 Å². The summed E-state index contributed by atoms with van der Waals surface area (Å²) in [6.45, 7) is 4.12. The minimum Gasteiger partial charge on any atom is -0.506 e. The highest BCUT2D eigenvalue weighted by Crippen LogP contribution is 2.71. The van der Waals surface area contributed by atoms with Crippen molar-refractivity contribution in [3.8, 4) is 11.5 Å². The van der Waals surface area contributed by atoms with Crippen LogP contribution in [0.4, 0.5) is 5.69 Å². The molecule has 2 heterocycles. The molecule has 1 aromatic rings. The van der Waals surface area contributed by atoms with Crippen molar-refractivity contribution >= 4 is 35.1 Å². The van der Waals surface area contributed by atoms with E-state index in [-0.39, 0.29) is 52.2 Å². The van der Waals surface area contributed by atoms with Gasteiger partial charge in [0, 0.05) is 17.8 Å². The van der Waals surface area contributed by atoms with Gasteiger partial charge in [0.1, 0.15) is 11.4 Å². The summed E-state index contributed by atoms with van der Waals surface area (Å²) in [5.41, 5.74) is -1.26. The van der Waals surface area contributed by atoms with Crippen LogP contribution in [0.3, 0.4) is 0 Å². The fourth-order valence-electron chi connectivity index (χ4n) is 7.09. The Balaban J connectivity index is 1.36. The van der Waals surface area contributed by atoms with E-state index in [9.17, 15) is 24.6 Å². The standard InChI is InChI=1S/C24H27NO6S/c1-22(7-6-17(28)25-18-14(26)4-3-13(19(18)29)21(30)32)16(27)5-8-24-10-12-9-15(20(22)24)31-23(12,2)11-24/h3-5,8,12,15,20,26,29H,6-7,9-11H2,1-2H3,(H,25,28)(H,30,32)/t12-,15+,20+,22-,23+,24+/m1/s1. The fourth-order valence-corrected chi connectivity index (χ4v) is 7.27. The van der Waals surface area contributed by atoms with Crippen LogP contribution < -0.4 is 5.32 Å². The number of benzene rings is 1. The van der Waals surface area contributed by atoms with E-state index in [4.69, 9.17) is 4.74 Å². The summed E-state index contributed by atoms with van der Waals surface area (Å²) in [4.78, 5) is 37.4. The molecule has 4 fully saturated rings. The van der Waals surface area contributed by atoms with Gasteiger partial charge in [-0.2, -0.15) is 0 Å². The summed E-state index contributed by atoms with van der Waals surface area (Å²) < 4.78 is 6.42. The first-order valence-electron chi connectivity index (χ1n) is 11.0. The molecule has 6 rings (SSSR count). The molecule has 7 nitrogen and oxygen atoms in total. The molecule has 1 spiro atoms. The second-order valence-electron chi connectivity index (χ2n) is 10.3. The predicted molar refractivity (Wildman–Crippen MR) is 120 cm³/mol. The number of thiol groups is 1. The van der Waals surface area contributed by atoms with E-state index in [2.05, 4.69) is 30.9 Å². The highest BCUT2D eigenvalue weighted by atomic mass is 32.1. The predicted octanol–water partition coefficient (Wildman–Crippen LogP) is 3.61. The van der Waals surface area contributed by atoms with E-state index in [1.54, 1.807) is 6.08 Å². The minimum absolute atomic E-state index is 0.0110. The van der Waals surface area contributed by atoms with Crippen LogP contribution >= 0.6 is 12.6 Å². The number of amides is 1. The van der Waals surface area contributed by atoms with Crippen molar-refractivity contribution in [1.29, 1.82) is 0 Å². The molecule has 0 radical (unpaired) electrons. The van der Waals surface area contributed by atoms with Gasteiger partial charge in [-0.1, -0.05) is 13.0 Å². The smallest absolute Gasteiger partial charge is 0.224 e. The van der Waals surface area contributed by atoms with Crippen LogP contribution in [0, 0.1) is 22.7 Å². The van der Waals surface area contributed by atoms with Gasteiger partial charge in [0.25, 0.3) is 0 Å². The van der Waals surface area contributed by atoms with Gasteiger partial charge in [-0.25, -0.2) is 0 Å². The lowest BCUT2D eigenvalue weighted by atomic mass is 9.51. The minimum atomic E-state index is -0.736. The number of hydrogen-bond acceptors (Lipinski definition) is 6. The van der Waals surface area contributed by atoms with Gasteiger partial charge >= 0.3 is 0 Å². The quantitative estimate of drug-likeness (QED) is 0.397. The Kier molecular flexibility index (Phi) is 4.60. The van der Waals surface area contributed by atoms with Crippen molar-refractivity contribution in [1.82, 2.24) is 0 Å². The van der Waals surface area contributed by atoms with Crippen LogP contribution in [0.25, 0.3) is 0 Å².